The first-order valence-electron chi connectivity index (χ1n) is 9.98. The summed E-state index contributed by atoms with van der Waals surface area (Å²) in [7, 11) is 4.35. The van der Waals surface area contributed by atoms with Crippen LogP contribution in [0.5, 0.6) is 11.5 Å². The lowest BCUT2D eigenvalue weighted by molar-refractivity contribution is -0.155. The van der Waals surface area contributed by atoms with E-state index in [1.165, 1.54) is 37.1 Å². The SMILES string of the molecule is COc1ccc(OC)c(C(=O)COC(=O)C23CCC(=O)N2c2ccccc2C(=O)N3C)c1. The Hall–Kier alpha value is -3.88. The number of fused-ring (bicyclic) bond motifs is 3. The van der Waals surface area contributed by atoms with Gasteiger partial charge in [-0.25, -0.2) is 4.79 Å². The van der Waals surface area contributed by atoms with E-state index in [2.05, 4.69) is 0 Å². The van der Waals surface area contributed by atoms with Crippen molar-refractivity contribution in [1.82, 2.24) is 4.90 Å². The van der Waals surface area contributed by atoms with Crippen LogP contribution >= 0.6 is 0 Å². The summed E-state index contributed by atoms with van der Waals surface area (Å²) in [5.74, 6) is -1.29. The van der Waals surface area contributed by atoms with Crippen LogP contribution in [0.15, 0.2) is 42.5 Å². The van der Waals surface area contributed by atoms with E-state index >= 15 is 0 Å². The summed E-state index contributed by atoms with van der Waals surface area (Å²) >= 11 is 0. The molecule has 0 aliphatic carbocycles. The largest absolute Gasteiger partial charge is 0.497 e. The van der Waals surface area contributed by atoms with Gasteiger partial charge >= 0.3 is 5.97 Å². The quantitative estimate of drug-likeness (QED) is 0.502. The molecule has 1 unspecified atom stereocenters. The maximum atomic E-state index is 13.3. The summed E-state index contributed by atoms with van der Waals surface area (Å²) in [6.07, 6.45) is 0.136. The summed E-state index contributed by atoms with van der Waals surface area (Å²) in [6.45, 7) is -0.587. The number of methoxy groups -OCH3 is 2. The Labute approximate surface area is 184 Å². The Morgan fingerprint density at radius 3 is 2.53 bits per heavy atom. The number of Topliss-reactive ketones (excluding diaryl/α,β-unsaturated/α-hetero) is 1. The number of carbonyl (C=O) groups excluding carboxylic acids is 4. The van der Waals surface area contributed by atoms with Crippen molar-refractivity contribution >= 4 is 29.3 Å². The molecule has 2 heterocycles. The van der Waals surface area contributed by atoms with Gasteiger partial charge in [0.2, 0.25) is 17.4 Å². The minimum atomic E-state index is -1.64. The van der Waals surface area contributed by atoms with E-state index in [1.807, 2.05) is 0 Å². The van der Waals surface area contributed by atoms with Gasteiger partial charge in [-0.2, -0.15) is 0 Å². The molecule has 2 aliphatic heterocycles. The second-order valence-electron chi connectivity index (χ2n) is 7.49. The molecule has 0 radical (unpaired) electrons. The number of esters is 1. The van der Waals surface area contributed by atoms with Crippen molar-refractivity contribution in [3.8, 4) is 11.5 Å². The number of para-hydroxylation sites is 1. The van der Waals surface area contributed by atoms with E-state index < -0.39 is 29.9 Å². The molecular weight excluding hydrogens is 416 g/mol. The van der Waals surface area contributed by atoms with Gasteiger partial charge in [-0.05, 0) is 30.3 Å². The second-order valence-corrected chi connectivity index (χ2v) is 7.49. The number of ether oxygens (including phenoxy) is 3. The third-order valence-corrected chi connectivity index (χ3v) is 5.91. The van der Waals surface area contributed by atoms with Gasteiger partial charge in [0.15, 0.2) is 6.61 Å². The van der Waals surface area contributed by atoms with Crippen LogP contribution in [0.3, 0.4) is 0 Å². The molecule has 2 aliphatic rings. The smallest absolute Gasteiger partial charge is 0.354 e. The Balaban J connectivity index is 1.63. The van der Waals surface area contributed by atoms with Crippen LogP contribution in [0.4, 0.5) is 5.69 Å². The molecule has 4 rings (SSSR count). The second kappa shape index (κ2) is 7.99. The molecule has 166 valence electrons. The Morgan fingerprint density at radius 2 is 1.81 bits per heavy atom. The zero-order valence-corrected chi connectivity index (χ0v) is 17.9. The number of ketones is 1. The number of hydrogen-bond acceptors (Lipinski definition) is 7. The van der Waals surface area contributed by atoms with Gasteiger partial charge in [-0.1, -0.05) is 12.1 Å². The summed E-state index contributed by atoms with van der Waals surface area (Å²) in [5, 5.41) is 0. The fourth-order valence-corrected chi connectivity index (χ4v) is 4.25. The number of nitrogens with zero attached hydrogens (tertiary/aromatic N) is 2. The van der Waals surface area contributed by atoms with Crippen molar-refractivity contribution in [1.29, 1.82) is 0 Å². The molecule has 2 amide bonds. The van der Waals surface area contributed by atoms with E-state index in [4.69, 9.17) is 14.2 Å². The van der Waals surface area contributed by atoms with Crippen LogP contribution < -0.4 is 14.4 Å². The Kier molecular flexibility index (Phi) is 5.33. The molecule has 9 nitrogen and oxygen atoms in total. The monoisotopic (exact) mass is 438 g/mol. The van der Waals surface area contributed by atoms with Gasteiger partial charge in [0.1, 0.15) is 11.5 Å². The van der Waals surface area contributed by atoms with Crippen molar-refractivity contribution in [3.63, 3.8) is 0 Å². The van der Waals surface area contributed by atoms with Crippen LogP contribution in [-0.2, 0) is 14.3 Å². The minimum Gasteiger partial charge on any atom is -0.497 e. The molecule has 32 heavy (non-hydrogen) atoms. The highest BCUT2D eigenvalue weighted by atomic mass is 16.5. The van der Waals surface area contributed by atoms with Crippen LogP contribution in [0.25, 0.3) is 0 Å². The number of amides is 2. The van der Waals surface area contributed by atoms with Crippen molar-refractivity contribution in [2.75, 3.05) is 32.8 Å². The van der Waals surface area contributed by atoms with E-state index in [1.54, 1.807) is 36.4 Å². The average molecular weight is 438 g/mol. The molecule has 1 fully saturated rings. The lowest BCUT2D eigenvalue weighted by atomic mass is 9.97. The summed E-state index contributed by atoms with van der Waals surface area (Å²) in [5.41, 5.74) is -0.766. The highest BCUT2D eigenvalue weighted by molar-refractivity contribution is 6.15. The normalized spacial score (nSPS) is 19.3. The molecule has 9 heteroatoms. The van der Waals surface area contributed by atoms with Gasteiger partial charge < -0.3 is 19.1 Å². The number of benzene rings is 2. The maximum absolute atomic E-state index is 13.3. The van der Waals surface area contributed by atoms with E-state index in [-0.39, 0.29) is 24.3 Å². The fourth-order valence-electron chi connectivity index (χ4n) is 4.25. The third kappa shape index (κ3) is 3.08. The van der Waals surface area contributed by atoms with Gasteiger partial charge in [0.05, 0.1) is 31.0 Å². The summed E-state index contributed by atoms with van der Waals surface area (Å²) in [4.78, 5) is 54.3. The molecule has 1 saturated heterocycles. The van der Waals surface area contributed by atoms with Crippen LogP contribution in [0.1, 0.15) is 33.6 Å². The number of carbonyl (C=O) groups is 4. The topological polar surface area (TPSA) is 102 Å². The molecule has 0 aromatic heterocycles. The molecule has 0 N–H and O–H groups in total. The zero-order valence-electron chi connectivity index (χ0n) is 17.9. The van der Waals surface area contributed by atoms with Gasteiger partial charge in [-0.3, -0.25) is 19.3 Å². The van der Waals surface area contributed by atoms with Crippen molar-refractivity contribution in [2.24, 2.45) is 0 Å². The molecule has 2 aromatic rings. The Bertz CT molecular complexity index is 1130. The van der Waals surface area contributed by atoms with Crippen molar-refractivity contribution in [3.05, 3.63) is 53.6 Å². The van der Waals surface area contributed by atoms with E-state index in [9.17, 15) is 19.2 Å². The lowest BCUT2D eigenvalue weighted by Gasteiger charge is -2.46. The lowest BCUT2D eigenvalue weighted by Crippen LogP contribution is -2.67. The average Bonchev–Trinajstić information content (AvgIpc) is 3.18. The van der Waals surface area contributed by atoms with Crippen LogP contribution in [-0.4, -0.2) is 62.0 Å². The zero-order chi connectivity index (χ0) is 23.0. The highest BCUT2D eigenvalue weighted by Crippen LogP contribution is 2.44. The van der Waals surface area contributed by atoms with Gasteiger partial charge in [-0.15, -0.1) is 0 Å². The molecule has 0 spiro atoms. The minimum absolute atomic E-state index is 0.0674. The van der Waals surface area contributed by atoms with Gasteiger partial charge in [0.25, 0.3) is 5.91 Å². The predicted octanol–water partition coefficient (Wildman–Crippen LogP) is 2.04. The number of likely N-dealkylation sites (N-methyl/N-ethyl adjacent to an activating group) is 1. The molecular formula is C23H22N2O7. The Morgan fingerprint density at radius 1 is 1.06 bits per heavy atom. The molecule has 1 atom stereocenters. The number of rotatable bonds is 6. The third-order valence-electron chi connectivity index (χ3n) is 5.91. The van der Waals surface area contributed by atoms with E-state index in [0.29, 0.717) is 22.7 Å². The maximum Gasteiger partial charge on any atom is 0.354 e. The molecule has 0 saturated carbocycles. The molecule has 2 aromatic carbocycles. The predicted molar refractivity (Wildman–Crippen MR) is 113 cm³/mol. The number of hydrogen-bond donors (Lipinski definition) is 0. The van der Waals surface area contributed by atoms with Crippen LogP contribution in [0.2, 0.25) is 0 Å². The van der Waals surface area contributed by atoms with Crippen molar-refractivity contribution in [2.45, 2.75) is 18.5 Å². The fraction of sp³-hybridized carbons (Fsp3) is 0.304. The van der Waals surface area contributed by atoms with E-state index in [0.717, 1.165) is 0 Å². The first kappa shape index (κ1) is 21.4. The van der Waals surface area contributed by atoms with Crippen LogP contribution in [0, 0.1) is 0 Å². The van der Waals surface area contributed by atoms with Gasteiger partial charge in [0, 0.05) is 19.9 Å². The first-order valence-corrected chi connectivity index (χ1v) is 9.98. The summed E-state index contributed by atoms with van der Waals surface area (Å²) < 4.78 is 15.8. The highest BCUT2D eigenvalue weighted by Gasteiger charge is 2.60. The standard InChI is InChI=1S/C23H22N2O7/c1-24-21(28)15-6-4-5-7-17(15)25-20(27)10-11-23(24,25)22(29)32-13-18(26)16-12-14(30-2)8-9-19(16)31-3/h4-9,12H,10-11,13H2,1-3H3. The summed E-state index contributed by atoms with van der Waals surface area (Å²) in [6, 6.07) is 11.3. The first-order chi connectivity index (χ1) is 15.3. The number of anilines is 1. The molecule has 0 bridgehead atoms. The van der Waals surface area contributed by atoms with Crippen molar-refractivity contribution < 1.29 is 33.4 Å².